The van der Waals surface area contributed by atoms with Crippen LogP contribution in [-0.4, -0.2) is 37.5 Å². The molecule has 116 valence electrons. The predicted molar refractivity (Wildman–Crippen MR) is 89.1 cm³/mol. The van der Waals surface area contributed by atoms with Gasteiger partial charge in [-0.25, -0.2) is 0 Å². The van der Waals surface area contributed by atoms with Gasteiger partial charge in [-0.2, -0.15) is 0 Å². The number of piperidine rings is 1. The molecule has 0 spiro atoms. The summed E-state index contributed by atoms with van der Waals surface area (Å²) < 4.78 is 0. The van der Waals surface area contributed by atoms with E-state index in [4.69, 9.17) is 11.6 Å². The minimum atomic E-state index is 0.0126. The van der Waals surface area contributed by atoms with Gasteiger partial charge in [0.15, 0.2) is 0 Å². The molecule has 0 aromatic heterocycles. The summed E-state index contributed by atoms with van der Waals surface area (Å²) in [5.74, 6) is 0.699. The van der Waals surface area contributed by atoms with Crippen LogP contribution < -0.4 is 10.6 Å². The highest BCUT2D eigenvalue weighted by molar-refractivity contribution is 6.33. The molecular formula is C16H24ClN3O. The smallest absolute Gasteiger partial charge is 0.224 e. The van der Waals surface area contributed by atoms with E-state index in [1.807, 2.05) is 25.1 Å². The third-order valence-corrected chi connectivity index (χ3v) is 4.32. The van der Waals surface area contributed by atoms with Crippen molar-refractivity contribution in [2.75, 3.05) is 37.3 Å². The van der Waals surface area contributed by atoms with Gasteiger partial charge < -0.3 is 15.5 Å². The first kappa shape index (κ1) is 16.1. The number of rotatable bonds is 5. The first-order chi connectivity index (χ1) is 10.1. The third kappa shape index (κ3) is 4.90. The number of likely N-dealkylation sites (tertiary alicyclic amines) is 1. The summed E-state index contributed by atoms with van der Waals surface area (Å²) in [6.07, 6.45) is 2.90. The van der Waals surface area contributed by atoms with Gasteiger partial charge in [0, 0.05) is 18.7 Å². The quantitative estimate of drug-likeness (QED) is 0.875. The monoisotopic (exact) mass is 309 g/mol. The van der Waals surface area contributed by atoms with Crippen LogP contribution in [0.5, 0.6) is 0 Å². The van der Waals surface area contributed by atoms with Crippen LogP contribution in [0.4, 0.5) is 11.4 Å². The Labute approximate surface area is 131 Å². The molecule has 0 saturated carbocycles. The number of hydrogen-bond donors (Lipinski definition) is 2. The molecule has 0 bridgehead atoms. The lowest BCUT2D eigenvalue weighted by atomic mass is 9.97. The minimum Gasteiger partial charge on any atom is -0.384 e. The zero-order valence-corrected chi connectivity index (χ0v) is 13.5. The Morgan fingerprint density at radius 1 is 1.38 bits per heavy atom. The molecule has 21 heavy (non-hydrogen) atoms. The van der Waals surface area contributed by atoms with Crippen LogP contribution in [0.15, 0.2) is 18.2 Å². The van der Waals surface area contributed by atoms with Crippen molar-refractivity contribution in [2.45, 2.75) is 26.2 Å². The molecule has 0 atom stereocenters. The minimum absolute atomic E-state index is 0.0126. The van der Waals surface area contributed by atoms with E-state index in [0.717, 1.165) is 31.0 Å². The maximum Gasteiger partial charge on any atom is 0.224 e. The SMILES string of the molecule is CCC(=O)Nc1ccc(Cl)c(NCC2CCN(C)CC2)c1. The molecule has 1 saturated heterocycles. The average molecular weight is 310 g/mol. The van der Waals surface area contributed by atoms with Crippen LogP contribution >= 0.6 is 11.6 Å². The van der Waals surface area contributed by atoms with E-state index in [2.05, 4.69) is 22.6 Å². The van der Waals surface area contributed by atoms with Gasteiger partial charge in [0.2, 0.25) is 5.91 Å². The largest absolute Gasteiger partial charge is 0.384 e. The lowest BCUT2D eigenvalue weighted by Gasteiger charge is -2.29. The summed E-state index contributed by atoms with van der Waals surface area (Å²) in [5, 5.41) is 6.98. The highest BCUT2D eigenvalue weighted by Crippen LogP contribution is 2.27. The van der Waals surface area contributed by atoms with E-state index in [-0.39, 0.29) is 5.91 Å². The van der Waals surface area contributed by atoms with E-state index in [9.17, 15) is 4.79 Å². The first-order valence-electron chi connectivity index (χ1n) is 7.60. The van der Waals surface area contributed by atoms with E-state index in [1.54, 1.807) is 0 Å². The molecule has 1 amide bonds. The van der Waals surface area contributed by atoms with Crippen molar-refractivity contribution in [1.29, 1.82) is 0 Å². The highest BCUT2D eigenvalue weighted by atomic mass is 35.5. The molecule has 0 aliphatic carbocycles. The van der Waals surface area contributed by atoms with Crippen molar-refractivity contribution in [1.82, 2.24) is 4.90 Å². The van der Waals surface area contributed by atoms with Gasteiger partial charge in [-0.3, -0.25) is 4.79 Å². The number of amides is 1. The van der Waals surface area contributed by atoms with E-state index < -0.39 is 0 Å². The van der Waals surface area contributed by atoms with Crippen LogP contribution in [0, 0.1) is 5.92 Å². The van der Waals surface area contributed by atoms with Crippen LogP contribution in [0.1, 0.15) is 26.2 Å². The van der Waals surface area contributed by atoms with Gasteiger partial charge in [-0.15, -0.1) is 0 Å². The van der Waals surface area contributed by atoms with Gasteiger partial charge in [0.25, 0.3) is 0 Å². The molecule has 4 nitrogen and oxygen atoms in total. The number of nitrogens with one attached hydrogen (secondary N) is 2. The van der Waals surface area contributed by atoms with Gasteiger partial charge in [-0.05, 0) is 57.1 Å². The third-order valence-electron chi connectivity index (χ3n) is 3.99. The maximum atomic E-state index is 11.4. The molecular weight excluding hydrogens is 286 g/mol. The standard InChI is InChI=1S/C16H24ClN3O/c1-3-16(21)19-13-4-5-14(17)15(10-13)18-11-12-6-8-20(2)9-7-12/h4-5,10,12,18H,3,6-9,11H2,1-2H3,(H,19,21). The van der Waals surface area contributed by atoms with Crippen LogP contribution in [0.3, 0.4) is 0 Å². The molecule has 0 unspecified atom stereocenters. The number of nitrogens with zero attached hydrogens (tertiary/aromatic N) is 1. The number of carbonyl (C=O) groups is 1. The molecule has 5 heteroatoms. The van der Waals surface area contributed by atoms with Crippen molar-refractivity contribution in [3.8, 4) is 0 Å². The zero-order chi connectivity index (χ0) is 15.2. The second-order valence-corrected chi connectivity index (χ2v) is 6.13. The fourth-order valence-corrected chi connectivity index (χ4v) is 2.69. The lowest BCUT2D eigenvalue weighted by Crippen LogP contribution is -2.33. The van der Waals surface area contributed by atoms with Crippen LogP contribution in [-0.2, 0) is 4.79 Å². The highest BCUT2D eigenvalue weighted by Gasteiger charge is 2.16. The van der Waals surface area contributed by atoms with Crippen LogP contribution in [0.25, 0.3) is 0 Å². The molecule has 1 aliphatic heterocycles. The van der Waals surface area contributed by atoms with Crippen molar-refractivity contribution < 1.29 is 4.79 Å². The molecule has 2 rings (SSSR count). The van der Waals surface area contributed by atoms with Gasteiger partial charge >= 0.3 is 0 Å². The molecule has 0 radical (unpaired) electrons. The summed E-state index contributed by atoms with van der Waals surface area (Å²) in [4.78, 5) is 13.8. The summed E-state index contributed by atoms with van der Waals surface area (Å²) in [6, 6.07) is 5.56. The number of anilines is 2. The van der Waals surface area contributed by atoms with E-state index >= 15 is 0 Å². The Morgan fingerprint density at radius 2 is 2.10 bits per heavy atom. The molecule has 1 heterocycles. The second kappa shape index (κ2) is 7.66. The maximum absolute atomic E-state index is 11.4. The Morgan fingerprint density at radius 3 is 2.76 bits per heavy atom. The normalized spacial score (nSPS) is 16.7. The molecule has 1 aromatic carbocycles. The molecule has 1 aliphatic rings. The van der Waals surface area contributed by atoms with Gasteiger partial charge in [0.1, 0.15) is 0 Å². The van der Waals surface area contributed by atoms with E-state index in [0.29, 0.717) is 17.4 Å². The number of carbonyl (C=O) groups excluding carboxylic acids is 1. The number of benzene rings is 1. The Bertz CT molecular complexity index is 484. The van der Waals surface area contributed by atoms with Crippen molar-refractivity contribution in [2.24, 2.45) is 5.92 Å². The van der Waals surface area contributed by atoms with Crippen molar-refractivity contribution in [3.63, 3.8) is 0 Å². The topological polar surface area (TPSA) is 44.4 Å². The molecule has 2 N–H and O–H groups in total. The Kier molecular flexibility index (Phi) is 5.88. The first-order valence-corrected chi connectivity index (χ1v) is 7.98. The van der Waals surface area contributed by atoms with Gasteiger partial charge in [-0.1, -0.05) is 18.5 Å². The Balaban J connectivity index is 1.92. The summed E-state index contributed by atoms with van der Waals surface area (Å²) in [7, 11) is 2.17. The number of hydrogen-bond acceptors (Lipinski definition) is 3. The molecule has 1 fully saturated rings. The van der Waals surface area contributed by atoms with Gasteiger partial charge in [0.05, 0.1) is 10.7 Å². The summed E-state index contributed by atoms with van der Waals surface area (Å²) in [5.41, 5.74) is 1.68. The number of halogens is 1. The Hall–Kier alpha value is -1.26. The zero-order valence-electron chi connectivity index (χ0n) is 12.8. The lowest BCUT2D eigenvalue weighted by molar-refractivity contribution is -0.115. The average Bonchev–Trinajstić information content (AvgIpc) is 2.49. The summed E-state index contributed by atoms with van der Waals surface area (Å²) in [6.45, 7) is 5.09. The van der Waals surface area contributed by atoms with E-state index in [1.165, 1.54) is 12.8 Å². The molecule has 1 aromatic rings. The second-order valence-electron chi connectivity index (χ2n) is 5.72. The fraction of sp³-hybridized carbons (Fsp3) is 0.562. The van der Waals surface area contributed by atoms with Crippen LogP contribution in [0.2, 0.25) is 5.02 Å². The van der Waals surface area contributed by atoms with Crippen molar-refractivity contribution >= 4 is 28.9 Å². The fourth-order valence-electron chi connectivity index (χ4n) is 2.51. The summed E-state index contributed by atoms with van der Waals surface area (Å²) >= 11 is 6.22. The predicted octanol–water partition coefficient (Wildman–Crippen LogP) is 3.44. The van der Waals surface area contributed by atoms with Crippen molar-refractivity contribution in [3.05, 3.63) is 23.2 Å².